The zero-order chi connectivity index (χ0) is 16.4. The molecular weight excluding hydrogens is 314 g/mol. The van der Waals surface area contributed by atoms with Gasteiger partial charge in [0, 0.05) is 19.0 Å². The van der Waals surface area contributed by atoms with Gasteiger partial charge in [-0.25, -0.2) is 0 Å². The van der Waals surface area contributed by atoms with E-state index in [1.165, 1.54) is 0 Å². The number of hydrogen-bond donors (Lipinski definition) is 0. The molecule has 0 radical (unpaired) electrons. The van der Waals surface area contributed by atoms with Gasteiger partial charge >= 0.3 is 0 Å². The van der Waals surface area contributed by atoms with E-state index >= 15 is 0 Å². The van der Waals surface area contributed by atoms with Crippen molar-refractivity contribution in [3.05, 3.63) is 28.4 Å². The van der Waals surface area contributed by atoms with Crippen molar-refractivity contribution < 1.29 is 14.3 Å². The Balaban J connectivity index is 1.96. The fourth-order valence-electron chi connectivity index (χ4n) is 3.29. The first kappa shape index (κ1) is 16.2. The van der Waals surface area contributed by atoms with Crippen LogP contribution in [-0.4, -0.2) is 37.0 Å². The van der Waals surface area contributed by atoms with Crippen LogP contribution in [0, 0.1) is 5.92 Å². The van der Waals surface area contributed by atoms with Gasteiger partial charge in [0.1, 0.15) is 0 Å². The second-order valence-electron chi connectivity index (χ2n) is 5.85. The van der Waals surface area contributed by atoms with Gasteiger partial charge < -0.3 is 14.4 Å². The summed E-state index contributed by atoms with van der Waals surface area (Å²) in [5.74, 6) is 1.63. The molecule has 0 atom stereocenters. The fraction of sp³-hybridized carbons (Fsp3) is 0.500. The van der Waals surface area contributed by atoms with E-state index in [0.717, 1.165) is 37.2 Å². The van der Waals surface area contributed by atoms with Crippen LogP contribution in [-0.2, 0) is 4.79 Å². The van der Waals surface area contributed by atoms with Crippen LogP contribution in [0.4, 0.5) is 0 Å². The minimum atomic E-state index is 0.191. The average Bonchev–Trinajstić information content (AvgIpc) is 2.55. The first-order chi connectivity index (χ1) is 11.1. The number of halogens is 1. The highest BCUT2D eigenvalue weighted by Gasteiger charge is 2.36. The molecule has 3 heterocycles. The molecule has 0 spiro atoms. The lowest BCUT2D eigenvalue weighted by atomic mass is 9.84. The lowest BCUT2D eigenvalue weighted by Crippen LogP contribution is -2.45. The van der Waals surface area contributed by atoms with Crippen molar-refractivity contribution >= 4 is 23.5 Å². The minimum Gasteiger partial charge on any atom is -0.490 e. The molecule has 0 aliphatic carbocycles. The first-order valence-electron chi connectivity index (χ1n) is 8.24. The molecule has 124 valence electrons. The van der Waals surface area contributed by atoms with Crippen LogP contribution in [0.25, 0.3) is 6.08 Å². The van der Waals surface area contributed by atoms with E-state index in [-0.39, 0.29) is 11.7 Å². The molecule has 3 aliphatic heterocycles. The van der Waals surface area contributed by atoms with Crippen molar-refractivity contribution in [2.45, 2.75) is 26.7 Å². The number of carbonyl (C=O) groups is 1. The number of hydrogen-bond acceptors (Lipinski definition) is 4. The van der Waals surface area contributed by atoms with Crippen LogP contribution in [0.5, 0.6) is 11.5 Å². The summed E-state index contributed by atoms with van der Waals surface area (Å²) < 4.78 is 11.2. The van der Waals surface area contributed by atoms with Crippen molar-refractivity contribution in [1.82, 2.24) is 4.90 Å². The SMILES string of the molecule is CCOc1cc(/C=C2/C(=O)C3CCN2CC3)cc(Cl)c1OCC. The number of ether oxygens (including phenoxy) is 2. The van der Waals surface area contributed by atoms with Gasteiger partial charge in [-0.1, -0.05) is 11.6 Å². The van der Waals surface area contributed by atoms with Crippen molar-refractivity contribution in [2.75, 3.05) is 26.3 Å². The number of Topliss-reactive ketones (excluding diaryl/α,β-unsaturated/α-hetero) is 1. The summed E-state index contributed by atoms with van der Waals surface area (Å²) in [7, 11) is 0. The lowest BCUT2D eigenvalue weighted by Gasteiger charge is -2.41. The first-order valence-corrected chi connectivity index (χ1v) is 8.61. The van der Waals surface area contributed by atoms with E-state index in [2.05, 4.69) is 4.90 Å². The molecule has 0 unspecified atom stereocenters. The molecule has 4 rings (SSSR count). The number of allylic oxidation sites excluding steroid dienone is 1. The Labute approximate surface area is 142 Å². The van der Waals surface area contributed by atoms with Crippen molar-refractivity contribution in [3.8, 4) is 11.5 Å². The summed E-state index contributed by atoms with van der Waals surface area (Å²) in [6.07, 6.45) is 3.88. The third-order valence-corrected chi connectivity index (χ3v) is 4.66. The van der Waals surface area contributed by atoms with Gasteiger partial charge in [-0.2, -0.15) is 0 Å². The molecule has 23 heavy (non-hydrogen) atoms. The maximum absolute atomic E-state index is 12.5. The summed E-state index contributed by atoms with van der Waals surface area (Å²) in [5, 5.41) is 0.507. The van der Waals surface area contributed by atoms with Gasteiger partial charge in [0.15, 0.2) is 17.3 Å². The summed E-state index contributed by atoms with van der Waals surface area (Å²) in [5.41, 5.74) is 1.67. The van der Waals surface area contributed by atoms with Crippen LogP contribution in [0.1, 0.15) is 32.3 Å². The van der Waals surface area contributed by atoms with E-state index < -0.39 is 0 Å². The molecule has 3 fully saturated rings. The molecule has 0 amide bonds. The molecule has 1 aromatic rings. The average molecular weight is 336 g/mol. The number of nitrogens with zero attached hydrogens (tertiary/aromatic N) is 1. The topological polar surface area (TPSA) is 38.8 Å². The molecule has 3 saturated heterocycles. The summed E-state index contributed by atoms with van der Waals surface area (Å²) in [6.45, 7) is 6.81. The molecule has 5 heteroatoms. The highest BCUT2D eigenvalue weighted by atomic mass is 35.5. The van der Waals surface area contributed by atoms with Gasteiger partial charge in [-0.3, -0.25) is 4.79 Å². The lowest BCUT2D eigenvalue weighted by molar-refractivity contribution is -0.125. The number of carbonyl (C=O) groups excluding carboxylic acids is 1. The molecular formula is C18H22ClNO3. The highest BCUT2D eigenvalue weighted by Crippen LogP contribution is 2.38. The maximum atomic E-state index is 12.5. The largest absolute Gasteiger partial charge is 0.490 e. The Morgan fingerprint density at radius 2 is 1.91 bits per heavy atom. The summed E-state index contributed by atoms with van der Waals surface area (Å²) >= 11 is 6.35. The van der Waals surface area contributed by atoms with Crippen LogP contribution in [0.2, 0.25) is 5.02 Å². The predicted octanol–water partition coefficient (Wildman–Crippen LogP) is 3.77. The Morgan fingerprint density at radius 1 is 1.22 bits per heavy atom. The normalized spacial score (nSPS) is 19.5. The fourth-order valence-corrected chi connectivity index (χ4v) is 3.56. The van der Waals surface area contributed by atoms with Gasteiger partial charge in [-0.15, -0.1) is 0 Å². The van der Waals surface area contributed by atoms with E-state index in [4.69, 9.17) is 21.1 Å². The Bertz CT molecular complexity index is 633. The Kier molecular flexibility index (Phi) is 4.81. The molecule has 1 aromatic carbocycles. The van der Waals surface area contributed by atoms with Gasteiger partial charge in [-0.05, 0) is 50.5 Å². The predicted molar refractivity (Wildman–Crippen MR) is 91.1 cm³/mol. The number of rotatable bonds is 5. The van der Waals surface area contributed by atoms with Gasteiger partial charge in [0.05, 0.1) is 23.9 Å². The third kappa shape index (κ3) is 3.18. The maximum Gasteiger partial charge on any atom is 0.182 e. The Morgan fingerprint density at radius 3 is 2.52 bits per heavy atom. The highest BCUT2D eigenvalue weighted by molar-refractivity contribution is 6.32. The van der Waals surface area contributed by atoms with Gasteiger partial charge in [0.2, 0.25) is 0 Å². The van der Waals surface area contributed by atoms with Crippen LogP contribution in [0.15, 0.2) is 17.8 Å². The zero-order valence-electron chi connectivity index (χ0n) is 13.6. The number of benzene rings is 1. The molecule has 0 N–H and O–H groups in total. The Hall–Kier alpha value is -1.68. The standard InChI is InChI=1S/C18H22ClNO3/c1-3-22-16-11-12(9-14(19)18(16)23-4-2)10-15-17(21)13-5-7-20(15)8-6-13/h9-11,13H,3-8H2,1-2H3/b15-10-. The van der Waals surface area contributed by atoms with Crippen LogP contribution >= 0.6 is 11.6 Å². The number of fused-ring (bicyclic) bond motifs is 3. The smallest absolute Gasteiger partial charge is 0.182 e. The van der Waals surface area contributed by atoms with E-state index in [1.54, 1.807) is 0 Å². The van der Waals surface area contributed by atoms with E-state index in [1.807, 2.05) is 32.1 Å². The van der Waals surface area contributed by atoms with Gasteiger partial charge in [0.25, 0.3) is 0 Å². The molecule has 2 bridgehead atoms. The zero-order valence-corrected chi connectivity index (χ0v) is 14.4. The quantitative estimate of drug-likeness (QED) is 0.768. The summed E-state index contributed by atoms with van der Waals surface area (Å²) in [6, 6.07) is 3.72. The number of ketones is 1. The molecule has 3 aliphatic rings. The molecule has 0 aromatic heterocycles. The van der Waals surface area contributed by atoms with Crippen molar-refractivity contribution in [2.24, 2.45) is 5.92 Å². The molecule has 0 saturated carbocycles. The minimum absolute atomic E-state index is 0.191. The molecule has 4 nitrogen and oxygen atoms in total. The number of piperidine rings is 3. The third-order valence-electron chi connectivity index (χ3n) is 4.38. The van der Waals surface area contributed by atoms with Crippen molar-refractivity contribution in [3.63, 3.8) is 0 Å². The van der Waals surface area contributed by atoms with Crippen LogP contribution in [0.3, 0.4) is 0 Å². The van der Waals surface area contributed by atoms with Crippen molar-refractivity contribution in [1.29, 1.82) is 0 Å². The van der Waals surface area contributed by atoms with Crippen LogP contribution < -0.4 is 9.47 Å². The monoisotopic (exact) mass is 335 g/mol. The summed E-state index contributed by atoms with van der Waals surface area (Å²) in [4.78, 5) is 14.6. The van der Waals surface area contributed by atoms with E-state index in [9.17, 15) is 4.79 Å². The second kappa shape index (κ2) is 6.83. The van der Waals surface area contributed by atoms with E-state index in [0.29, 0.717) is 29.7 Å². The second-order valence-corrected chi connectivity index (χ2v) is 6.26.